The van der Waals surface area contributed by atoms with Gasteiger partial charge in [-0.15, -0.1) is 0 Å². The summed E-state index contributed by atoms with van der Waals surface area (Å²) in [7, 11) is 1.40. The van der Waals surface area contributed by atoms with E-state index in [1.807, 2.05) is 0 Å². The Kier molecular flexibility index (Phi) is 3.10. The molecule has 2 N–H and O–H groups in total. The molecule has 0 aliphatic rings. The van der Waals surface area contributed by atoms with Gasteiger partial charge < -0.3 is 14.9 Å². The van der Waals surface area contributed by atoms with Gasteiger partial charge in [0.25, 0.3) is 0 Å². The molecule has 0 spiro atoms. The highest BCUT2D eigenvalue weighted by molar-refractivity contribution is 5.98. The lowest BCUT2D eigenvalue weighted by Gasteiger charge is -2.08. The Morgan fingerprint density at radius 3 is 2.23 bits per heavy atom. The van der Waals surface area contributed by atoms with Gasteiger partial charge in [-0.1, -0.05) is 0 Å². The van der Waals surface area contributed by atoms with E-state index in [2.05, 4.69) is 9.97 Å². The molecule has 22 heavy (non-hydrogen) atoms. The zero-order chi connectivity index (χ0) is 15.9. The lowest BCUT2D eigenvalue weighted by Crippen LogP contribution is -2.01. The summed E-state index contributed by atoms with van der Waals surface area (Å²) in [6, 6.07) is 7.12. The first-order valence-electron chi connectivity index (χ1n) is 6.25. The van der Waals surface area contributed by atoms with Crippen molar-refractivity contribution >= 4 is 34.0 Å². The summed E-state index contributed by atoms with van der Waals surface area (Å²) in [6.07, 6.45) is 0. The summed E-state index contributed by atoms with van der Waals surface area (Å²) in [5.41, 5.74) is 1.76. The molecule has 0 saturated carbocycles. The third kappa shape index (κ3) is 2.18. The molecule has 0 radical (unpaired) electrons. The number of hydrogen-bond donors (Lipinski definition) is 2. The maximum absolute atomic E-state index is 11.1. The molecule has 3 aromatic rings. The predicted octanol–water partition coefficient (Wildman–Crippen LogP) is 2.19. The third-order valence-corrected chi connectivity index (χ3v) is 3.22. The van der Waals surface area contributed by atoms with E-state index in [9.17, 15) is 9.59 Å². The molecule has 1 heterocycles. The van der Waals surface area contributed by atoms with Crippen LogP contribution in [0.15, 0.2) is 30.3 Å². The van der Waals surface area contributed by atoms with Crippen LogP contribution in [-0.2, 0) is 0 Å². The number of fused-ring (bicyclic) bond motifs is 2. The van der Waals surface area contributed by atoms with Crippen molar-refractivity contribution in [2.24, 2.45) is 0 Å². The molecule has 7 heteroatoms. The number of benzene rings is 2. The van der Waals surface area contributed by atoms with E-state index in [1.165, 1.54) is 37.4 Å². The molecule has 0 atom stereocenters. The summed E-state index contributed by atoms with van der Waals surface area (Å²) < 4.78 is 5.16. The highest BCUT2D eigenvalue weighted by Gasteiger charge is 2.14. The van der Waals surface area contributed by atoms with Crippen molar-refractivity contribution in [3.63, 3.8) is 0 Å². The van der Waals surface area contributed by atoms with Gasteiger partial charge in [-0.3, -0.25) is 0 Å². The second-order valence-corrected chi connectivity index (χ2v) is 4.58. The molecular formula is C15H10N2O5. The molecule has 0 bridgehead atoms. The SMILES string of the molecule is COc1cc(C(=O)O)cc2nc3ccc(C(=O)O)cc3nc12. The summed E-state index contributed by atoms with van der Waals surface area (Å²) in [5.74, 6) is -1.88. The molecular weight excluding hydrogens is 288 g/mol. The Hall–Kier alpha value is -3.22. The number of rotatable bonds is 3. The lowest BCUT2D eigenvalue weighted by molar-refractivity contribution is 0.0686. The summed E-state index contributed by atoms with van der Waals surface area (Å²) in [4.78, 5) is 30.8. The standard InChI is InChI=1S/C15H10N2O5/c1-22-12-6-8(15(20)21)5-11-13(12)17-10-4-7(14(18)19)2-3-9(10)16-11/h2-6H,1H3,(H,18,19)(H,20,21). The normalized spacial score (nSPS) is 10.8. The largest absolute Gasteiger partial charge is 0.494 e. The number of hydrogen-bond acceptors (Lipinski definition) is 5. The van der Waals surface area contributed by atoms with Crippen molar-refractivity contribution in [3.05, 3.63) is 41.5 Å². The average Bonchev–Trinajstić information content (AvgIpc) is 2.50. The molecule has 0 aliphatic heterocycles. The number of aromatic nitrogens is 2. The topological polar surface area (TPSA) is 110 Å². The number of methoxy groups -OCH3 is 1. The van der Waals surface area contributed by atoms with E-state index in [0.29, 0.717) is 22.1 Å². The van der Waals surface area contributed by atoms with Crippen molar-refractivity contribution in [2.45, 2.75) is 0 Å². The number of carboxylic acid groups (broad SMARTS) is 2. The van der Waals surface area contributed by atoms with Gasteiger partial charge in [0.15, 0.2) is 0 Å². The van der Waals surface area contributed by atoms with Crippen LogP contribution in [0, 0.1) is 0 Å². The molecule has 0 aliphatic carbocycles. The first-order chi connectivity index (χ1) is 10.5. The Bertz CT molecular complexity index is 936. The smallest absolute Gasteiger partial charge is 0.335 e. The minimum atomic E-state index is -1.09. The molecule has 0 saturated heterocycles. The second kappa shape index (κ2) is 4.96. The minimum Gasteiger partial charge on any atom is -0.494 e. The zero-order valence-corrected chi connectivity index (χ0v) is 11.4. The fourth-order valence-electron chi connectivity index (χ4n) is 2.16. The van der Waals surface area contributed by atoms with Crippen LogP contribution in [-0.4, -0.2) is 39.2 Å². The average molecular weight is 298 g/mol. The monoisotopic (exact) mass is 298 g/mol. The van der Waals surface area contributed by atoms with Gasteiger partial charge in [0.2, 0.25) is 0 Å². The summed E-state index contributed by atoms with van der Waals surface area (Å²) >= 11 is 0. The maximum Gasteiger partial charge on any atom is 0.335 e. The van der Waals surface area contributed by atoms with Crippen molar-refractivity contribution < 1.29 is 24.5 Å². The van der Waals surface area contributed by atoms with Crippen molar-refractivity contribution in [2.75, 3.05) is 7.11 Å². The van der Waals surface area contributed by atoms with Gasteiger partial charge in [-0.05, 0) is 30.3 Å². The summed E-state index contributed by atoms with van der Waals surface area (Å²) in [6.45, 7) is 0. The number of ether oxygens (including phenoxy) is 1. The highest BCUT2D eigenvalue weighted by atomic mass is 16.5. The Labute approximate surface area is 123 Å². The summed E-state index contributed by atoms with van der Waals surface area (Å²) in [5, 5.41) is 18.1. The van der Waals surface area contributed by atoms with E-state index in [-0.39, 0.29) is 16.9 Å². The van der Waals surface area contributed by atoms with Gasteiger partial charge in [-0.2, -0.15) is 0 Å². The van der Waals surface area contributed by atoms with Crippen molar-refractivity contribution in [1.82, 2.24) is 9.97 Å². The van der Waals surface area contributed by atoms with Crippen molar-refractivity contribution in [1.29, 1.82) is 0 Å². The fraction of sp³-hybridized carbons (Fsp3) is 0.0667. The molecule has 0 unspecified atom stereocenters. The van der Waals surface area contributed by atoms with Crippen LogP contribution >= 0.6 is 0 Å². The van der Waals surface area contributed by atoms with Gasteiger partial charge in [0, 0.05) is 0 Å². The molecule has 3 rings (SSSR count). The van der Waals surface area contributed by atoms with E-state index < -0.39 is 11.9 Å². The number of nitrogens with zero attached hydrogens (tertiary/aromatic N) is 2. The van der Waals surface area contributed by atoms with Crippen molar-refractivity contribution in [3.8, 4) is 5.75 Å². The third-order valence-electron chi connectivity index (χ3n) is 3.22. The van der Waals surface area contributed by atoms with E-state index in [0.717, 1.165) is 0 Å². The Morgan fingerprint density at radius 2 is 1.59 bits per heavy atom. The molecule has 1 aromatic heterocycles. The van der Waals surface area contributed by atoms with Crippen LogP contribution in [0.25, 0.3) is 22.1 Å². The van der Waals surface area contributed by atoms with E-state index in [1.54, 1.807) is 0 Å². The number of carbonyl (C=O) groups is 2. The first kappa shape index (κ1) is 13.7. The minimum absolute atomic E-state index is 0.0418. The number of carboxylic acids is 2. The van der Waals surface area contributed by atoms with Crippen LogP contribution in [0.1, 0.15) is 20.7 Å². The van der Waals surface area contributed by atoms with Crippen LogP contribution in [0.5, 0.6) is 5.75 Å². The highest BCUT2D eigenvalue weighted by Crippen LogP contribution is 2.27. The van der Waals surface area contributed by atoms with Gasteiger partial charge >= 0.3 is 11.9 Å². The maximum atomic E-state index is 11.1. The Morgan fingerprint density at radius 1 is 0.909 bits per heavy atom. The second-order valence-electron chi connectivity index (χ2n) is 4.58. The zero-order valence-electron chi connectivity index (χ0n) is 11.4. The van der Waals surface area contributed by atoms with E-state index in [4.69, 9.17) is 14.9 Å². The molecule has 110 valence electrons. The molecule has 7 nitrogen and oxygen atoms in total. The Balaban J connectivity index is 2.35. The van der Waals surface area contributed by atoms with Crippen LogP contribution in [0.4, 0.5) is 0 Å². The molecule has 0 amide bonds. The van der Waals surface area contributed by atoms with Gasteiger partial charge in [0.05, 0.1) is 34.8 Å². The van der Waals surface area contributed by atoms with Crippen LogP contribution in [0.3, 0.4) is 0 Å². The van der Waals surface area contributed by atoms with Crippen LogP contribution in [0.2, 0.25) is 0 Å². The van der Waals surface area contributed by atoms with Gasteiger partial charge in [-0.25, -0.2) is 19.6 Å². The van der Waals surface area contributed by atoms with Gasteiger partial charge in [0.1, 0.15) is 11.3 Å². The molecule has 0 fully saturated rings. The number of aromatic carboxylic acids is 2. The predicted molar refractivity (Wildman–Crippen MR) is 77.5 cm³/mol. The molecule has 2 aromatic carbocycles. The van der Waals surface area contributed by atoms with E-state index >= 15 is 0 Å². The lowest BCUT2D eigenvalue weighted by atomic mass is 10.1. The first-order valence-corrected chi connectivity index (χ1v) is 6.25. The fourth-order valence-corrected chi connectivity index (χ4v) is 2.16. The quantitative estimate of drug-likeness (QED) is 0.713. The van der Waals surface area contributed by atoms with Crippen LogP contribution < -0.4 is 4.74 Å².